The maximum Gasteiger partial charge on any atom is 0.336 e. The lowest BCUT2D eigenvalue weighted by Crippen LogP contribution is -2.15. The Morgan fingerprint density at radius 2 is 1.14 bits per heavy atom. The van der Waals surface area contributed by atoms with Crippen LogP contribution in [0.4, 0.5) is 0 Å². The van der Waals surface area contributed by atoms with Crippen LogP contribution < -0.4 is 11.1 Å². The monoisotopic (exact) mass is 654 g/mol. The summed E-state index contributed by atoms with van der Waals surface area (Å²) in [6, 6.07) is 28.7. The molecule has 4 heterocycles. The molecule has 238 valence electrons. The first-order valence-electron chi connectivity index (χ1n) is 15.9. The zero-order valence-corrected chi connectivity index (χ0v) is 26.0. The van der Waals surface area contributed by atoms with Crippen molar-refractivity contribution in [1.82, 2.24) is 18.8 Å². The Labute approximate surface area is 279 Å². The lowest BCUT2D eigenvalue weighted by molar-refractivity contribution is -0.121. The molecule has 0 bridgehead atoms. The average molecular weight is 655 g/mol. The molecule has 10 heteroatoms. The summed E-state index contributed by atoms with van der Waals surface area (Å²) in [6.45, 7) is -0.633. The quantitative estimate of drug-likeness (QED) is 0.231. The summed E-state index contributed by atoms with van der Waals surface area (Å²) in [5, 5.41) is 24.1. The Kier molecular flexibility index (Phi) is 5.58. The molecule has 0 amide bonds. The van der Waals surface area contributed by atoms with Crippen molar-refractivity contribution in [2.45, 2.75) is 6.42 Å². The molecular weight excluding hydrogens is 632 g/mol. The van der Waals surface area contributed by atoms with E-state index in [4.69, 9.17) is 9.97 Å². The van der Waals surface area contributed by atoms with E-state index in [1.807, 2.05) is 60.7 Å². The topological polar surface area (TPSA) is 143 Å². The predicted molar refractivity (Wildman–Crippen MR) is 192 cm³/mol. The molecule has 10 nitrogen and oxygen atoms in total. The number of nitrogens with zero attached hydrogens (tertiary/aromatic N) is 4. The van der Waals surface area contributed by atoms with Crippen LogP contribution in [0.2, 0.25) is 0 Å². The summed E-state index contributed by atoms with van der Waals surface area (Å²) >= 11 is 0. The van der Waals surface area contributed by atoms with E-state index in [-0.39, 0.29) is 28.9 Å². The fourth-order valence-corrected chi connectivity index (χ4v) is 7.74. The normalized spacial score (nSPS) is 12.3. The summed E-state index contributed by atoms with van der Waals surface area (Å²) in [7, 11) is 0. The number of rotatable bonds is 5. The van der Waals surface area contributed by atoms with Crippen molar-refractivity contribution in [3.05, 3.63) is 129 Å². The fraction of sp³-hybridized carbons (Fsp3) is 0.0500. The first-order chi connectivity index (χ1) is 24.3. The van der Waals surface area contributed by atoms with Crippen molar-refractivity contribution in [3.63, 3.8) is 0 Å². The molecule has 10 rings (SSSR count). The summed E-state index contributed by atoms with van der Waals surface area (Å²) in [4.78, 5) is 63.2. The Morgan fingerprint density at radius 1 is 0.600 bits per heavy atom. The minimum Gasteiger partial charge on any atom is -0.478 e. The van der Waals surface area contributed by atoms with Gasteiger partial charge in [0.15, 0.2) is 5.78 Å². The van der Waals surface area contributed by atoms with Crippen LogP contribution in [0.5, 0.6) is 0 Å². The van der Waals surface area contributed by atoms with E-state index in [0.29, 0.717) is 93.1 Å². The number of aromatic carboxylic acids is 1. The standard InChI is InChI=1S/C40H22N4O6/c45-18-22(46)13-19-9-10-25-35-26(19)14-20(16-28(35)37-42-31-6-2-4-8-33(31)44(37)38(25)47)21-15-27-23(40(49)50)11-12-24-34(27)29(17-21)39(48)43-32-7-3-1-5-30(32)41-36(24)43/h1-12,14-17,45H,13,18H2,(H,49,50). The largest absolute Gasteiger partial charge is 0.478 e. The van der Waals surface area contributed by atoms with Gasteiger partial charge < -0.3 is 10.2 Å². The zero-order valence-electron chi connectivity index (χ0n) is 26.0. The van der Waals surface area contributed by atoms with Crippen LogP contribution in [0.1, 0.15) is 15.9 Å². The van der Waals surface area contributed by atoms with Crippen molar-refractivity contribution < 1.29 is 19.8 Å². The second-order valence-corrected chi connectivity index (χ2v) is 12.6. The average Bonchev–Trinajstić information content (AvgIpc) is 3.72. The summed E-state index contributed by atoms with van der Waals surface area (Å²) in [5.74, 6) is -1.52. The van der Waals surface area contributed by atoms with Gasteiger partial charge in [0.05, 0.1) is 27.6 Å². The molecule has 2 N–H and O–H groups in total. The third-order valence-corrected chi connectivity index (χ3v) is 9.92. The van der Waals surface area contributed by atoms with E-state index < -0.39 is 12.6 Å². The number of aliphatic hydroxyl groups excluding tert-OH is 1. The smallest absolute Gasteiger partial charge is 0.336 e. The maximum absolute atomic E-state index is 14.4. The maximum atomic E-state index is 14.4. The van der Waals surface area contributed by atoms with Gasteiger partial charge in [-0.1, -0.05) is 30.3 Å². The molecule has 0 unspecified atom stereocenters. The van der Waals surface area contributed by atoms with Crippen molar-refractivity contribution in [2.75, 3.05) is 6.61 Å². The van der Waals surface area contributed by atoms with Gasteiger partial charge in [-0.05, 0) is 94.2 Å². The van der Waals surface area contributed by atoms with Crippen molar-refractivity contribution in [2.24, 2.45) is 0 Å². The number of carboxylic acids is 1. The number of carbonyl (C=O) groups excluding carboxylic acids is 1. The highest BCUT2D eigenvalue weighted by molar-refractivity contribution is 6.22. The van der Waals surface area contributed by atoms with Crippen LogP contribution in [0.15, 0.2) is 107 Å². The van der Waals surface area contributed by atoms with Crippen LogP contribution >= 0.6 is 0 Å². The number of para-hydroxylation sites is 4. The van der Waals surface area contributed by atoms with Gasteiger partial charge in [0.2, 0.25) is 0 Å². The first kappa shape index (κ1) is 28.3. The summed E-state index contributed by atoms with van der Waals surface area (Å²) in [6.07, 6.45) is -0.0642. The lowest BCUT2D eigenvalue weighted by Gasteiger charge is -2.16. The Hall–Kier alpha value is -6.78. The minimum atomic E-state index is -1.14. The first-order valence-corrected chi connectivity index (χ1v) is 15.9. The number of aliphatic hydroxyl groups is 1. The molecule has 10 aromatic rings. The van der Waals surface area contributed by atoms with Gasteiger partial charge in [-0.25, -0.2) is 14.8 Å². The Bertz CT molecular complexity index is 3270. The van der Waals surface area contributed by atoms with Crippen LogP contribution in [-0.2, 0) is 11.2 Å². The highest BCUT2D eigenvalue weighted by Gasteiger charge is 2.23. The zero-order chi connectivity index (χ0) is 34.0. The molecule has 0 spiro atoms. The molecule has 0 aliphatic carbocycles. The summed E-state index contributed by atoms with van der Waals surface area (Å²) in [5.41, 5.74) is 4.72. The van der Waals surface area contributed by atoms with Crippen molar-refractivity contribution in [1.29, 1.82) is 0 Å². The number of hydrogen-bond acceptors (Lipinski definition) is 7. The Balaban J connectivity index is 1.38. The van der Waals surface area contributed by atoms with Gasteiger partial charge >= 0.3 is 5.97 Å². The van der Waals surface area contributed by atoms with Gasteiger partial charge in [-0.2, -0.15) is 0 Å². The molecular formula is C40H22N4O6. The number of imidazole rings is 2. The molecule has 6 aromatic carbocycles. The number of hydrogen-bond donors (Lipinski definition) is 2. The number of carboxylic acid groups (broad SMARTS) is 1. The third kappa shape index (κ3) is 3.65. The van der Waals surface area contributed by atoms with Crippen LogP contribution in [0.25, 0.3) is 87.6 Å². The predicted octanol–water partition coefficient (Wildman–Crippen LogP) is 5.97. The van der Waals surface area contributed by atoms with Gasteiger partial charge in [-0.3, -0.25) is 23.2 Å². The van der Waals surface area contributed by atoms with Gasteiger partial charge in [0.1, 0.15) is 17.9 Å². The lowest BCUT2D eigenvalue weighted by atomic mass is 9.89. The Morgan fingerprint density at radius 3 is 1.80 bits per heavy atom. The number of carbonyl (C=O) groups is 2. The number of pyridine rings is 2. The van der Waals surface area contributed by atoms with E-state index in [1.165, 1.54) is 6.07 Å². The fourth-order valence-electron chi connectivity index (χ4n) is 7.74. The van der Waals surface area contributed by atoms with Gasteiger partial charge in [-0.15, -0.1) is 0 Å². The highest BCUT2D eigenvalue weighted by atomic mass is 16.4. The highest BCUT2D eigenvalue weighted by Crippen LogP contribution is 2.40. The van der Waals surface area contributed by atoms with Crippen molar-refractivity contribution in [3.8, 4) is 11.1 Å². The second-order valence-electron chi connectivity index (χ2n) is 12.6. The molecule has 0 saturated heterocycles. The van der Waals surface area contributed by atoms with Crippen LogP contribution in [0, 0.1) is 0 Å². The van der Waals surface area contributed by atoms with E-state index in [9.17, 15) is 29.4 Å². The molecule has 4 aromatic heterocycles. The second kappa shape index (κ2) is 9.88. The van der Waals surface area contributed by atoms with E-state index >= 15 is 0 Å². The molecule has 0 fully saturated rings. The number of Topliss-reactive ketones (excluding diaryl/α,β-unsaturated/α-hetero) is 1. The minimum absolute atomic E-state index is 0.0373. The van der Waals surface area contributed by atoms with E-state index in [2.05, 4.69) is 0 Å². The molecule has 50 heavy (non-hydrogen) atoms. The van der Waals surface area contributed by atoms with Crippen LogP contribution in [0.3, 0.4) is 0 Å². The van der Waals surface area contributed by atoms with E-state index in [0.717, 1.165) is 0 Å². The van der Waals surface area contributed by atoms with E-state index in [1.54, 1.807) is 39.1 Å². The number of benzene rings is 6. The molecule has 0 radical (unpaired) electrons. The number of ketones is 1. The molecule has 0 aliphatic rings. The SMILES string of the molecule is O=C(CO)Cc1ccc2c(=O)n3c4ccccc4nc3c3cc(-c4cc5c(C(=O)O)ccc6c5c(c4)c(=O)n4c5ccccc5nc64)cc1c23. The number of fused-ring (bicyclic) bond motifs is 8. The molecule has 0 saturated carbocycles. The van der Waals surface area contributed by atoms with Gasteiger partial charge in [0, 0.05) is 38.7 Å². The van der Waals surface area contributed by atoms with Gasteiger partial charge in [0.25, 0.3) is 11.1 Å². The third-order valence-electron chi connectivity index (χ3n) is 9.92. The summed E-state index contributed by atoms with van der Waals surface area (Å²) < 4.78 is 3.16. The molecule has 0 atom stereocenters. The van der Waals surface area contributed by atoms with Crippen LogP contribution in [-0.4, -0.2) is 47.3 Å². The molecule has 0 aliphatic heterocycles. The number of aromatic nitrogens is 4. The van der Waals surface area contributed by atoms with Crippen molar-refractivity contribution >= 4 is 88.2 Å².